The minimum Gasteiger partial charge on any atom is -0.504 e. The number of carbonyl (C=O) groups excluding carboxylic acids is 2. The summed E-state index contributed by atoms with van der Waals surface area (Å²) < 4.78 is 10.7. The molecule has 2 aromatic rings. The second-order valence-corrected chi connectivity index (χ2v) is 6.31. The first-order chi connectivity index (χ1) is 13.4. The first-order valence-corrected chi connectivity index (χ1v) is 9.76. The summed E-state index contributed by atoms with van der Waals surface area (Å²) in [5.41, 5.74) is 1.34. The summed E-state index contributed by atoms with van der Waals surface area (Å²) in [6.45, 7) is 0. The van der Waals surface area contributed by atoms with Gasteiger partial charge in [0, 0.05) is 0 Å². The molecule has 0 saturated carbocycles. The molecule has 0 fully saturated rings. The number of ether oxygens (including phenoxy) is 2. The summed E-state index contributed by atoms with van der Waals surface area (Å²) in [6, 6.07) is 9.40. The summed E-state index contributed by atoms with van der Waals surface area (Å²) in [6.07, 6.45) is 5.47. The SMILES string of the molecule is COc1cc(/C=C/C(=O)CC(=O)/C=C/c2ccc(O)c(OCI)c2)ccc1O. The number of benzene rings is 2. The molecule has 0 aliphatic carbocycles. The Morgan fingerprint density at radius 2 is 1.43 bits per heavy atom. The molecule has 0 radical (unpaired) electrons. The highest BCUT2D eigenvalue weighted by atomic mass is 127. The largest absolute Gasteiger partial charge is 0.504 e. The fourth-order valence-corrected chi connectivity index (χ4v) is 2.61. The number of aromatic hydroxyl groups is 2. The van der Waals surface area contributed by atoms with E-state index in [1.54, 1.807) is 36.4 Å². The Kier molecular flexibility index (Phi) is 8.06. The van der Waals surface area contributed by atoms with Crippen LogP contribution in [0.2, 0.25) is 0 Å². The molecule has 2 aromatic carbocycles. The van der Waals surface area contributed by atoms with Crippen LogP contribution >= 0.6 is 22.6 Å². The van der Waals surface area contributed by atoms with Gasteiger partial charge >= 0.3 is 0 Å². The monoisotopic (exact) mass is 494 g/mol. The maximum atomic E-state index is 12.0. The topological polar surface area (TPSA) is 93.1 Å². The lowest BCUT2D eigenvalue weighted by Gasteiger charge is -2.05. The number of carbonyl (C=O) groups is 2. The summed E-state index contributed by atoms with van der Waals surface area (Å²) in [4.78, 5) is 24.0. The number of phenolic OH excluding ortho intramolecular Hbond substituents is 2. The molecule has 7 heteroatoms. The zero-order valence-corrected chi connectivity index (χ0v) is 17.3. The molecular weight excluding hydrogens is 475 g/mol. The second-order valence-electron chi connectivity index (χ2n) is 5.69. The van der Waals surface area contributed by atoms with Crippen LogP contribution in [0.3, 0.4) is 0 Å². The van der Waals surface area contributed by atoms with Crippen molar-refractivity contribution in [3.05, 3.63) is 59.7 Å². The van der Waals surface area contributed by atoms with Crippen LogP contribution < -0.4 is 9.47 Å². The molecule has 0 saturated heterocycles. The third-order valence-electron chi connectivity index (χ3n) is 3.67. The fraction of sp³-hybridized carbons (Fsp3) is 0.143. The number of rotatable bonds is 9. The molecule has 0 atom stereocenters. The van der Waals surface area contributed by atoms with Crippen LogP contribution in [0.15, 0.2) is 48.6 Å². The molecule has 0 aliphatic heterocycles. The summed E-state index contributed by atoms with van der Waals surface area (Å²) in [7, 11) is 1.43. The molecule has 146 valence electrons. The van der Waals surface area contributed by atoms with Crippen LogP contribution in [0.5, 0.6) is 23.0 Å². The van der Waals surface area contributed by atoms with Gasteiger partial charge in [-0.2, -0.15) is 0 Å². The van der Waals surface area contributed by atoms with Crippen molar-refractivity contribution in [1.29, 1.82) is 0 Å². The van der Waals surface area contributed by atoms with E-state index >= 15 is 0 Å². The van der Waals surface area contributed by atoms with Gasteiger partial charge in [0.1, 0.15) is 4.61 Å². The van der Waals surface area contributed by atoms with E-state index in [9.17, 15) is 19.8 Å². The van der Waals surface area contributed by atoms with Crippen molar-refractivity contribution in [2.45, 2.75) is 6.42 Å². The molecule has 6 nitrogen and oxygen atoms in total. The quantitative estimate of drug-likeness (QED) is 0.236. The van der Waals surface area contributed by atoms with Crippen LogP contribution in [-0.2, 0) is 9.59 Å². The Morgan fingerprint density at radius 1 is 0.929 bits per heavy atom. The van der Waals surface area contributed by atoms with E-state index in [1.807, 2.05) is 22.6 Å². The van der Waals surface area contributed by atoms with Crippen molar-refractivity contribution in [1.82, 2.24) is 0 Å². The molecule has 0 aromatic heterocycles. The number of hydrogen-bond acceptors (Lipinski definition) is 6. The molecule has 0 amide bonds. The van der Waals surface area contributed by atoms with Gasteiger partial charge in [-0.3, -0.25) is 9.59 Å². The Morgan fingerprint density at radius 3 is 1.93 bits per heavy atom. The Hall–Kier alpha value is -2.81. The number of methoxy groups -OCH3 is 1. The van der Waals surface area contributed by atoms with Crippen molar-refractivity contribution in [2.75, 3.05) is 11.7 Å². The molecule has 28 heavy (non-hydrogen) atoms. The van der Waals surface area contributed by atoms with Gasteiger partial charge in [0.2, 0.25) is 0 Å². The predicted molar refractivity (Wildman–Crippen MR) is 115 cm³/mol. The zero-order chi connectivity index (χ0) is 20.5. The van der Waals surface area contributed by atoms with E-state index in [0.717, 1.165) is 0 Å². The number of ketones is 2. The lowest BCUT2D eigenvalue weighted by molar-refractivity contribution is -0.121. The number of phenols is 2. The third-order valence-corrected chi connectivity index (χ3v) is 3.98. The van der Waals surface area contributed by atoms with Gasteiger partial charge in [-0.25, -0.2) is 0 Å². The minimum absolute atomic E-state index is 0.00701. The Labute approximate surface area is 176 Å². The normalized spacial score (nSPS) is 11.1. The molecule has 0 spiro atoms. The first kappa shape index (κ1) is 21.5. The van der Waals surface area contributed by atoms with Crippen molar-refractivity contribution in [2.24, 2.45) is 0 Å². The third kappa shape index (κ3) is 6.41. The maximum Gasteiger partial charge on any atom is 0.163 e. The van der Waals surface area contributed by atoms with Gasteiger partial charge in [0.05, 0.1) is 13.5 Å². The van der Waals surface area contributed by atoms with E-state index in [1.165, 1.54) is 31.4 Å². The van der Waals surface area contributed by atoms with Crippen molar-refractivity contribution in [3.63, 3.8) is 0 Å². The number of allylic oxidation sites excluding steroid dienone is 2. The van der Waals surface area contributed by atoms with Gasteiger partial charge in [0.25, 0.3) is 0 Å². The molecule has 2 N–H and O–H groups in total. The van der Waals surface area contributed by atoms with Crippen LogP contribution in [0.4, 0.5) is 0 Å². The smallest absolute Gasteiger partial charge is 0.163 e. The Bertz CT molecular complexity index is 917. The minimum atomic E-state index is -0.346. The molecule has 0 bridgehead atoms. The van der Waals surface area contributed by atoms with E-state index in [4.69, 9.17) is 9.47 Å². The van der Waals surface area contributed by atoms with Crippen LogP contribution in [0.25, 0.3) is 12.2 Å². The van der Waals surface area contributed by atoms with E-state index in [0.29, 0.717) is 27.2 Å². The average molecular weight is 494 g/mol. The predicted octanol–water partition coefficient (Wildman–Crippen LogP) is 4.13. The lowest BCUT2D eigenvalue weighted by atomic mass is 10.1. The van der Waals surface area contributed by atoms with E-state index in [2.05, 4.69) is 0 Å². The molecule has 0 aliphatic rings. The highest BCUT2D eigenvalue weighted by Crippen LogP contribution is 2.28. The van der Waals surface area contributed by atoms with Gasteiger partial charge in [-0.05, 0) is 70.1 Å². The van der Waals surface area contributed by atoms with Crippen LogP contribution in [0, 0.1) is 0 Å². The van der Waals surface area contributed by atoms with Gasteiger partial charge in [0.15, 0.2) is 34.6 Å². The molecular formula is C21H19IO6. The average Bonchev–Trinajstić information content (AvgIpc) is 2.68. The maximum absolute atomic E-state index is 12.0. The number of alkyl halides is 1. The van der Waals surface area contributed by atoms with Crippen molar-refractivity contribution < 1.29 is 29.3 Å². The van der Waals surface area contributed by atoms with Gasteiger partial charge in [-0.1, -0.05) is 24.3 Å². The van der Waals surface area contributed by atoms with Gasteiger partial charge < -0.3 is 19.7 Å². The summed E-state index contributed by atoms with van der Waals surface area (Å²) >= 11 is 2.01. The lowest BCUT2D eigenvalue weighted by Crippen LogP contribution is -2.01. The molecule has 0 unspecified atom stereocenters. The van der Waals surface area contributed by atoms with Crippen molar-refractivity contribution >= 4 is 46.3 Å². The summed E-state index contributed by atoms with van der Waals surface area (Å²) in [5.74, 6) is -0.0386. The van der Waals surface area contributed by atoms with Crippen LogP contribution in [-0.4, -0.2) is 33.5 Å². The summed E-state index contributed by atoms with van der Waals surface area (Å²) in [5, 5.41) is 19.2. The standard InChI is InChI=1S/C21H19IO6/c1-27-20-10-14(4-8-18(20)25)2-6-16(23)12-17(24)7-3-15-5-9-19(26)21(11-15)28-13-22/h2-11,25-26H,12-13H2,1H3/b6-2+,7-3+. The highest BCUT2D eigenvalue weighted by molar-refractivity contribution is 14.1. The first-order valence-electron chi connectivity index (χ1n) is 8.23. The number of hydrogen-bond donors (Lipinski definition) is 2. The van der Waals surface area contributed by atoms with E-state index < -0.39 is 0 Å². The van der Waals surface area contributed by atoms with Gasteiger partial charge in [-0.15, -0.1) is 0 Å². The number of halogens is 1. The molecule has 2 rings (SSSR count). The highest BCUT2D eigenvalue weighted by Gasteiger charge is 2.06. The second kappa shape index (κ2) is 10.5. The van der Waals surface area contributed by atoms with Crippen LogP contribution in [0.1, 0.15) is 17.5 Å². The fourth-order valence-electron chi connectivity index (χ4n) is 2.27. The van der Waals surface area contributed by atoms with E-state index in [-0.39, 0.29) is 29.5 Å². The van der Waals surface area contributed by atoms with Crippen molar-refractivity contribution in [3.8, 4) is 23.0 Å². The molecule has 0 heterocycles. The zero-order valence-electron chi connectivity index (χ0n) is 15.1. The Balaban J connectivity index is 1.96.